The van der Waals surface area contributed by atoms with Crippen LogP contribution in [0, 0.1) is 5.92 Å². The van der Waals surface area contributed by atoms with Crippen molar-refractivity contribution in [3.05, 3.63) is 47.2 Å². The molecule has 1 aromatic rings. The van der Waals surface area contributed by atoms with Crippen LogP contribution in [-0.4, -0.2) is 23.8 Å². The fourth-order valence-corrected chi connectivity index (χ4v) is 2.15. The number of benzene rings is 1. The summed E-state index contributed by atoms with van der Waals surface area (Å²) in [4.78, 5) is 11.3. The van der Waals surface area contributed by atoms with Crippen molar-refractivity contribution >= 4 is 5.97 Å². The van der Waals surface area contributed by atoms with Gasteiger partial charge in [0.1, 0.15) is 11.9 Å². The first kappa shape index (κ1) is 18.2. The van der Waals surface area contributed by atoms with Crippen molar-refractivity contribution in [2.24, 2.45) is 5.92 Å². The molecule has 0 heterocycles. The molecule has 0 saturated carbocycles. The smallest absolute Gasteiger partial charge is 0.334 e. The van der Waals surface area contributed by atoms with E-state index in [4.69, 9.17) is 9.47 Å². The number of hydrogen-bond acceptors (Lipinski definition) is 3. The van der Waals surface area contributed by atoms with Gasteiger partial charge in [-0.1, -0.05) is 44.2 Å². The standard InChI is InChI=1S/C18H26O4/c1-5-21-17(14(4)18(19)20)16(11-13(2)3)22-12-15-9-7-6-8-10-15/h6-10,13,16H,5,11-12H2,1-4H3,(H,19,20)/b17-14+. The molecule has 0 aliphatic rings. The van der Waals surface area contributed by atoms with Gasteiger partial charge >= 0.3 is 5.97 Å². The molecule has 0 spiro atoms. The summed E-state index contributed by atoms with van der Waals surface area (Å²) in [6, 6.07) is 9.84. The van der Waals surface area contributed by atoms with Gasteiger partial charge in [0.2, 0.25) is 0 Å². The van der Waals surface area contributed by atoms with Crippen LogP contribution in [0.3, 0.4) is 0 Å². The molecule has 1 N–H and O–H groups in total. The van der Waals surface area contributed by atoms with Crippen LogP contribution in [0.4, 0.5) is 0 Å². The molecule has 0 radical (unpaired) electrons. The van der Waals surface area contributed by atoms with E-state index in [1.165, 1.54) is 0 Å². The highest BCUT2D eigenvalue weighted by Crippen LogP contribution is 2.22. The fourth-order valence-electron chi connectivity index (χ4n) is 2.15. The fraction of sp³-hybridized carbons (Fsp3) is 0.500. The van der Waals surface area contributed by atoms with Crippen molar-refractivity contribution in [1.29, 1.82) is 0 Å². The van der Waals surface area contributed by atoms with E-state index in [0.29, 0.717) is 31.3 Å². The van der Waals surface area contributed by atoms with Crippen molar-refractivity contribution < 1.29 is 19.4 Å². The second kappa shape index (κ2) is 9.26. The molecule has 1 aromatic carbocycles. The molecule has 1 rings (SSSR count). The summed E-state index contributed by atoms with van der Waals surface area (Å²) in [6.07, 6.45) is 0.364. The minimum atomic E-state index is -0.972. The van der Waals surface area contributed by atoms with E-state index in [1.807, 2.05) is 37.3 Å². The number of carboxylic acid groups (broad SMARTS) is 1. The van der Waals surface area contributed by atoms with E-state index < -0.39 is 5.97 Å². The summed E-state index contributed by atoms with van der Waals surface area (Å²) in [7, 11) is 0. The third-order valence-corrected chi connectivity index (χ3v) is 3.26. The quantitative estimate of drug-likeness (QED) is 0.553. The maximum Gasteiger partial charge on any atom is 0.334 e. The minimum Gasteiger partial charge on any atom is -0.495 e. The van der Waals surface area contributed by atoms with E-state index in [1.54, 1.807) is 6.92 Å². The average molecular weight is 306 g/mol. The van der Waals surface area contributed by atoms with E-state index in [2.05, 4.69) is 13.8 Å². The Morgan fingerprint density at radius 1 is 1.23 bits per heavy atom. The second-order valence-corrected chi connectivity index (χ2v) is 5.64. The molecule has 4 heteroatoms. The van der Waals surface area contributed by atoms with Gasteiger partial charge in [-0.05, 0) is 31.7 Å². The molecule has 0 saturated heterocycles. The molecule has 0 bridgehead atoms. The lowest BCUT2D eigenvalue weighted by Crippen LogP contribution is -2.23. The van der Waals surface area contributed by atoms with Gasteiger partial charge in [0, 0.05) is 0 Å². The number of rotatable bonds is 9. The van der Waals surface area contributed by atoms with Gasteiger partial charge in [-0.2, -0.15) is 0 Å². The third kappa shape index (κ3) is 5.90. The Labute approximate surface area is 132 Å². The Morgan fingerprint density at radius 2 is 1.86 bits per heavy atom. The van der Waals surface area contributed by atoms with Gasteiger partial charge in [0.05, 0.1) is 18.8 Å². The van der Waals surface area contributed by atoms with Crippen molar-refractivity contribution in [1.82, 2.24) is 0 Å². The van der Waals surface area contributed by atoms with Crippen molar-refractivity contribution in [3.8, 4) is 0 Å². The van der Waals surface area contributed by atoms with E-state index in [9.17, 15) is 9.90 Å². The van der Waals surface area contributed by atoms with Gasteiger partial charge in [-0.15, -0.1) is 0 Å². The molecule has 0 fully saturated rings. The molecule has 0 aromatic heterocycles. The van der Waals surface area contributed by atoms with Gasteiger partial charge in [-0.25, -0.2) is 4.79 Å². The van der Waals surface area contributed by atoms with E-state index in [-0.39, 0.29) is 11.7 Å². The zero-order chi connectivity index (χ0) is 16.5. The first-order chi connectivity index (χ1) is 10.5. The minimum absolute atomic E-state index is 0.209. The summed E-state index contributed by atoms with van der Waals surface area (Å²) in [5.41, 5.74) is 1.26. The lowest BCUT2D eigenvalue weighted by Gasteiger charge is -2.24. The number of carboxylic acids is 1. The van der Waals surface area contributed by atoms with E-state index >= 15 is 0 Å². The monoisotopic (exact) mass is 306 g/mol. The highest BCUT2D eigenvalue weighted by Gasteiger charge is 2.23. The largest absolute Gasteiger partial charge is 0.495 e. The van der Waals surface area contributed by atoms with Crippen molar-refractivity contribution in [2.75, 3.05) is 6.61 Å². The average Bonchev–Trinajstić information content (AvgIpc) is 2.49. The molecule has 1 atom stereocenters. The van der Waals surface area contributed by atoms with Crippen LogP contribution in [0.2, 0.25) is 0 Å². The van der Waals surface area contributed by atoms with Crippen molar-refractivity contribution in [3.63, 3.8) is 0 Å². The SMILES string of the molecule is CCO/C(=C(\C)C(=O)O)C(CC(C)C)OCc1ccccc1. The normalized spacial score (nSPS) is 13.7. The van der Waals surface area contributed by atoms with Crippen LogP contribution >= 0.6 is 0 Å². The Balaban J connectivity index is 2.93. The van der Waals surface area contributed by atoms with Crippen LogP contribution in [0.1, 0.15) is 39.7 Å². The molecule has 4 nitrogen and oxygen atoms in total. The Hall–Kier alpha value is -1.81. The van der Waals surface area contributed by atoms with Crippen LogP contribution < -0.4 is 0 Å². The first-order valence-corrected chi connectivity index (χ1v) is 7.68. The van der Waals surface area contributed by atoms with Crippen LogP contribution in [-0.2, 0) is 20.9 Å². The van der Waals surface area contributed by atoms with Crippen LogP contribution in [0.25, 0.3) is 0 Å². The molecule has 1 unspecified atom stereocenters. The zero-order valence-electron chi connectivity index (χ0n) is 13.8. The lowest BCUT2D eigenvalue weighted by atomic mass is 10.0. The predicted octanol–water partition coefficient (Wildman–Crippen LogP) is 4.01. The summed E-state index contributed by atoms with van der Waals surface area (Å²) in [5.74, 6) is -0.169. The molecular formula is C18H26O4. The van der Waals surface area contributed by atoms with Gasteiger partial charge < -0.3 is 14.6 Å². The number of ether oxygens (including phenoxy) is 2. The first-order valence-electron chi connectivity index (χ1n) is 7.68. The highest BCUT2D eigenvalue weighted by molar-refractivity contribution is 5.86. The molecule has 0 amide bonds. The number of carbonyl (C=O) groups is 1. The predicted molar refractivity (Wildman–Crippen MR) is 86.4 cm³/mol. The van der Waals surface area contributed by atoms with Gasteiger partial charge in [-0.3, -0.25) is 0 Å². The van der Waals surface area contributed by atoms with Gasteiger partial charge in [0.25, 0.3) is 0 Å². The Bertz CT molecular complexity index is 491. The summed E-state index contributed by atoms with van der Waals surface area (Å²) in [6.45, 7) is 8.42. The zero-order valence-corrected chi connectivity index (χ0v) is 13.8. The number of aliphatic carboxylic acids is 1. The summed E-state index contributed by atoms with van der Waals surface area (Å²) >= 11 is 0. The van der Waals surface area contributed by atoms with Gasteiger partial charge in [0.15, 0.2) is 0 Å². The van der Waals surface area contributed by atoms with Crippen molar-refractivity contribution in [2.45, 2.75) is 46.8 Å². The second-order valence-electron chi connectivity index (χ2n) is 5.64. The summed E-state index contributed by atoms with van der Waals surface area (Å²) < 4.78 is 11.6. The lowest BCUT2D eigenvalue weighted by molar-refractivity contribution is -0.133. The molecule has 122 valence electrons. The molecule has 22 heavy (non-hydrogen) atoms. The Morgan fingerprint density at radius 3 is 2.36 bits per heavy atom. The molecular weight excluding hydrogens is 280 g/mol. The maximum atomic E-state index is 11.3. The number of hydrogen-bond donors (Lipinski definition) is 1. The highest BCUT2D eigenvalue weighted by atomic mass is 16.5. The third-order valence-electron chi connectivity index (χ3n) is 3.26. The van der Waals surface area contributed by atoms with Crippen LogP contribution in [0.15, 0.2) is 41.7 Å². The molecule has 0 aliphatic carbocycles. The molecule has 0 aliphatic heterocycles. The maximum absolute atomic E-state index is 11.3. The summed E-state index contributed by atoms with van der Waals surface area (Å²) in [5, 5.41) is 9.25. The van der Waals surface area contributed by atoms with E-state index in [0.717, 1.165) is 5.56 Å². The Kier molecular flexibility index (Phi) is 7.67. The van der Waals surface area contributed by atoms with Crippen LogP contribution in [0.5, 0.6) is 0 Å². The topological polar surface area (TPSA) is 55.8 Å².